The number of rotatable bonds is 3. The maximum absolute atomic E-state index is 14.4. The third-order valence-corrected chi connectivity index (χ3v) is 6.12. The fraction of sp³-hybridized carbons (Fsp3) is 0.400. The third-order valence-electron chi connectivity index (χ3n) is 6.12. The number of benzene rings is 1. The summed E-state index contributed by atoms with van der Waals surface area (Å²) in [5, 5.41) is 8.38. The van der Waals surface area contributed by atoms with E-state index < -0.39 is 11.4 Å². The van der Waals surface area contributed by atoms with E-state index in [-0.39, 0.29) is 34.8 Å². The molecule has 0 aliphatic carbocycles. The molecule has 1 aliphatic rings. The summed E-state index contributed by atoms with van der Waals surface area (Å²) in [6.45, 7) is 8.33. The quantitative estimate of drug-likeness (QED) is 0.451. The summed E-state index contributed by atoms with van der Waals surface area (Å²) < 4.78 is 26.9. The molecule has 0 saturated carbocycles. The number of ether oxygens (including phenoxy) is 1. The van der Waals surface area contributed by atoms with E-state index in [4.69, 9.17) is 9.26 Å². The first-order valence-corrected chi connectivity index (χ1v) is 11.8. The number of hydrogen-bond donors (Lipinski definition) is 1. The molecule has 5 rings (SSSR count). The Morgan fingerprint density at radius 1 is 1.19 bits per heavy atom. The lowest BCUT2D eigenvalue weighted by Crippen LogP contribution is -2.41. The van der Waals surface area contributed by atoms with Crippen LogP contribution in [0.1, 0.15) is 50.8 Å². The van der Waals surface area contributed by atoms with Crippen LogP contribution in [0, 0.1) is 12.7 Å². The molecule has 188 valence electrons. The lowest BCUT2D eigenvalue weighted by Gasteiger charge is -2.33. The highest BCUT2D eigenvalue weighted by molar-refractivity contribution is 5.72. The number of aryl methyl sites for hydroxylation is 1. The van der Waals surface area contributed by atoms with Crippen LogP contribution in [-0.2, 0) is 4.74 Å². The van der Waals surface area contributed by atoms with E-state index >= 15 is 0 Å². The first kappa shape index (κ1) is 23.7. The minimum absolute atomic E-state index is 0.0149. The van der Waals surface area contributed by atoms with Gasteiger partial charge in [-0.2, -0.15) is 10.1 Å². The van der Waals surface area contributed by atoms with Gasteiger partial charge in [0.05, 0.1) is 17.5 Å². The lowest BCUT2D eigenvalue weighted by atomic mass is 9.93. The van der Waals surface area contributed by atoms with Gasteiger partial charge in [-0.25, -0.2) is 13.7 Å². The Balaban J connectivity index is 1.41. The molecule has 4 aromatic rings. The van der Waals surface area contributed by atoms with Gasteiger partial charge in [0.1, 0.15) is 22.6 Å². The molecule has 1 saturated heterocycles. The molecule has 1 N–H and O–H groups in total. The van der Waals surface area contributed by atoms with Crippen molar-refractivity contribution in [1.82, 2.24) is 29.6 Å². The second-order valence-electron chi connectivity index (χ2n) is 10.0. The fourth-order valence-corrected chi connectivity index (χ4v) is 4.39. The largest absolute Gasteiger partial charge is 0.444 e. The van der Waals surface area contributed by atoms with Crippen LogP contribution < -0.4 is 5.56 Å². The average molecular weight is 495 g/mol. The lowest BCUT2D eigenvalue weighted by molar-refractivity contribution is 0.0203. The Labute approximate surface area is 206 Å². The van der Waals surface area contributed by atoms with Gasteiger partial charge in [0.15, 0.2) is 0 Å². The van der Waals surface area contributed by atoms with Crippen molar-refractivity contribution < 1.29 is 18.4 Å². The molecule has 1 aliphatic heterocycles. The van der Waals surface area contributed by atoms with Gasteiger partial charge in [0, 0.05) is 25.1 Å². The smallest absolute Gasteiger partial charge is 0.410 e. The van der Waals surface area contributed by atoms with Crippen molar-refractivity contribution in [1.29, 1.82) is 0 Å². The number of nitrogens with one attached hydrogen (secondary N) is 1. The van der Waals surface area contributed by atoms with Crippen molar-refractivity contribution in [2.75, 3.05) is 13.1 Å². The molecule has 10 nitrogen and oxygen atoms in total. The first-order valence-electron chi connectivity index (χ1n) is 11.8. The van der Waals surface area contributed by atoms with Crippen LogP contribution in [0.25, 0.3) is 28.5 Å². The van der Waals surface area contributed by atoms with E-state index in [0.717, 1.165) is 11.3 Å². The van der Waals surface area contributed by atoms with Crippen molar-refractivity contribution in [2.24, 2.45) is 0 Å². The molecular formula is C25H27FN6O4. The highest BCUT2D eigenvalue weighted by Gasteiger charge is 2.29. The molecular weight excluding hydrogens is 467 g/mol. The molecule has 4 heterocycles. The Kier molecular flexibility index (Phi) is 5.85. The second kappa shape index (κ2) is 8.89. The summed E-state index contributed by atoms with van der Waals surface area (Å²) in [6, 6.07) is 6.29. The Morgan fingerprint density at radius 3 is 2.64 bits per heavy atom. The zero-order chi connectivity index (χ0) is 25.6. The average Bonchev–Trinajstić information content (AvgIpc) is 3.44. The summed E-state index contributed by atoms with van der Waals surface area (Å²) in [7, 11) is 0. The van der Waals surface area contributed by atoms with Gasteiger partial charge in [0.25, 0.3) is 11.4 Å². The molecule has 1 amide bonds. The van der Waals surface area contributed by atoms with Crippen molar-refractivity contribution in [2.45, 2.75) is 52.1 Å². The van der Waals surface area contributed by atoms with Gasteiger partial charge >= 0.3 is 6.09 Å². The van der Waals surface area contributed by atoms with E-state index in [1.807, 2.05) is 20.8 Å². The predicted octanol–water partition coefficient (Wildman–Crippen LogP) is 4.30. The molecule has 0 unspecified atom stereocenters. The van der Waals surface area contributed by atoms with Crippen LogP contribution in [0.5, 0.6) is 0 Å². The topological polar surface area (TPSA) is 119 Å². The fourth-order valence-electron chi connectivity index (χ4n) is 4.39. The van der Waals surface area contributed by atoms with Gasteiger partial charge in [-0.1, -0.05) is 11.2 Å². The van der Waals surface area contributed by atoms with E-state index in [9.17, 15) is 14.0 Å². The van der Waals surface area contributed by atoms with Crippen LogP contribution >= 0.6 is 0 Å². The molecule has 11 heteroatoms. The number of likely N-dealkylation sites (tertiary alicyclic amines) is 1. The zero-order valence-corrected chi connectivity index (χ0v) is 20.5. The highest BCUT2D eigenvalue weighted by Crippen LogP contribution is 2.31. The summed E-state index contributed by atoms with van der Waals surface area (Å²) in [4.78, 5) is 33.8. The van der Waals surface area contributed by atoms with Crippen molar-refractivity contribution in [3.05, 3.63) is 57.9 Å². The molecule has 0 atom stereocenters. The minimum Gasteiger partial charge on any atom is -0.444 e. The first-order chi connectivity index (χ1) is 17.1. The molecule has 0 radical (unpaired) electrons. The summed E-state index contributed by atoms with van der Waals surface area (Å²) in [5.41, 5.74) is 1.73. The normalized spacial score (nSPS) is 15.0. The molecule has 0 spiro atoms. The summed E-state index contributed by atoms with van der Waals surface area (Å²) in [5.74, 6) is -0.209. The number of aromatic nitrogens is 5. The molecule has 36 heavy (non-hydrogen) atoms. The maximum atomic E-state index is 14.4. The number of aromatic amines is 1. The van der Waals surface area contributed by atoms with E-state index in [2.05, 4.69) is 20.2 Å². The van der Waals surface area contributed by atoms with Crippen LogP contribution in [0.4, 0.5) is 9.18 Å². The standard InChI is InChI=1S/C25H27FN6O4/c1-14-5-6-16(18(26)11-14)21-29-23(36-30-21)17-13-27-32-19(12-20(33)28-22(17)32)15-7-9-31(10-8-15)24(34)35-25(2,3)4/h5-6,11-13,15H,7-10H2,1-4H3,(H,28,33). The number of fused-ring (bicyclic) bond motifs is 1. The van der Waals surface area contributed by atoms with Crippen LogP contribution in [0.2, 0.25) is 0 Å². The van der Waals surface area contributed by atoms with Gasteiger partial charge in [-0.15, -0.1) is 0 Å². The number of H-pyrrole nitrogens is 1. The molecule has 3 aromatic heterocycles. The minimum atomic E-state index is -0.557. The Hall–Kier alpha value is -4.02. The Bertz CT molecular complexity index is 1490. The Morgan fingerprint density at radius 2 is 1.94 bits per heavy atom. The summed E-state index contributed by atoms with van der Waals surface area (Å²) in [6.07, 6.45) is 2.51. The number of nitrogens with zero attached hydrogens (tertiary/aromatic N) is 5. The predicted molar refractivity (Wildman–Crippen MR) is 129 cm³/mol. The summed E-state index contributed by atoms with van der Waals surface area (Å²) >= 11 is 0. The number of halogens is 1. The van der Waals surface area contributed by atoms with Crippen LogP contribution in [0.15, 0.2) is 39.8 Å². The zero-order valence-electron chi connectivity index (χ0n) is 20.5. The van der Waals surface area contributed by atoms with Gasteiger partial charge < -0.3 is 19.1 Å². The van der Waals surface area contributed by atoms with Crippen LogP contribution in [-0.4, -0.2) is 54.4 Å². The van der Waals surface area contributed by atoms with E-state index in [1.54, 1.807) is 28.5 Å². The number of amides is 1. The number of hydrogen-bond acceptors (Lipinski definition) is 7. The van der Waals surface area contributed by atoms with Gasteiger partial charge in [-0.3, -0.25) is 4.79 Å². The second-order valence-corrected chi connectivity index (χ2v) is 10.0. The van der Waals surface area contributed by atoms with E-state index in [1.165, 1.54) is 18.3 Å². The maximum Gasteiger partial charge on any atom is 0.410 e. The van der Waals surface area contributed by atoms with E-state index in [0.29, 0.717) is 37.1 Å². The monoisotopic (exact) mass is 494 g/mol. The van der Waals surface area contributed by atoms with Crippen molar-refractivity contribution in [3.63, 3.8) is 0 Å². The van der Waals surface area contributed by atoms with Gasteiger partial charge in [-0.05, 0) is 58.2 Å². The van der Waals surface area contributed by atoms with Crippen LogP contribution in [0.3, 0.4) is 0 Å². The number of carbonyl (C=O) groups is 1. The number of piperidine rings is 1. The van der Waals surface area contributed by atoms with Crippen molar-refractivity contribution in [3.8, 4) is 22.8 Å². The highest BCUT2D eigenvalue weighted by atomic mass is 19.1. The third kappa shape index (κ3) is 4.60. The SMILES string of the molecule is Cc1ccc(-c2noc(-c3cnn4c(C5CCN(C(=O)OC(C)(C)C)CC5)cc(=O)[nH]c34)n2)c(F)c1. The molecule has 1 fully saturated rings. The number of carbonyl (C=O) groups excluding carboxylic acids is 1. The van der Waals surface area contributed by atoms with Crippen molar-refractivity contribution >= 4 is 11.7 Å². The molecule has 0 bridgehead atoms. The molecule has 1 aromatic carbocycles. The van der Waals surface area contributed by atoms with Gasteiger partial charge in [0.2, 0.25) is 5.82 Å².